The molecule has 31 heavy (non-hydrogen) atoms. The SMILES string of the molecule is CC(C)(C)c1nn2cnnc2n(N=Cc2ccc(OCc3ccc(Cl)cc3)cc2)c1=O. The summed E-state index contributed by atoms with van der Waals surface area (Å²) in [6.07, 6.45) is 3.04. The predicted molar refractivity (Wildman–Crippen MR) is 119 cm³/mol. The smallest absolute Gasteiger partial charge is 0.298 e. The Kier molecular flexibility index (Phi) is 5.56. The van der Waals surface area contributed by atoms with E-state index < -0.39 is 5.41 Å². The summed E-state index contributed by atoms with van der Waals surface area (Å²) in [5.41, 5.74) is 1.43. The molecule has 4 rings (SSSR count). The van der Waals surface area contributed by atoms with Gasteiger partial charge in [0.1, 0.15) is 24.4 Å². The van der Waals surface area contributed by atoms with Gasteiger partial charge in [-0.25, -0.2) is 0 Å². The average Bonchev–Trinajstić information content (AvgIpc) is 3.21. The van der Waals surface area contributed by atoms with E-state index in [4.69, 9.17) is 16.3 Å². The Bertz CT molecular complexity index is 1290. The van der Waals surface area contributed by atoms with Crippen molar-refractivity contribution in [3.8, 4) is 5.75 Å². The number of hydrogen-bond acceptors (Lipinski definition) is 6. The molecule has 0 spiro atoms. The zero-order valence-electron chi connectivity index (χ0n) is 17.4. The van der Waals surface area contributed by atoms with Crippen LogP contribution in [0.3, 0.4) is 0 Å². The van der Waals surface area contributed by atoms with Gasteiger partial charge in [0.2, 0.25) is 0 Å². The Hall–Kier alpha value is -3.52. The van der Waals surface area contributed by atoms with Gasteiger partial charge in [0.05, 0.1) is 6.21 Å². The van der Waals surface area contributed by atoms with Crippen molar-refractivity contribution in [3.05, 3.63) is 87.1 Å². The highest BCUT2D eigenvalue weighted by Gasteiger charge is 2.23. The molecule has 2 heterocycles. The average molecular weight is 437 g/mol. The van der Waals surface area contributed by atoms with Crippen molar-refractivity contribution in [2.45, 2.75) is 32.8 Å². The Balaban J connectivity index is 1.54. The zero-order valence-corrected chi connectivity index (χ0v) is 18.1. The van der Waals surface area contributed by atoms with Crippen LogP contribution < -0.4 is 10.3 Å². The fourth-order valence-electron chi connectivity index (χ4n) is 2.87. The van der Waals surface area contributed by atoms with Crippen molar-refractivity contribution in [2.75, 3.05) is 0 Å². The molecule has 0 atom stereocenters. The molecule has 158 valence electrons. The van der Waals surface area contributed by atoms with E-state index in [0.29, 0.717) is 17.3 Å². The summed E-state index contributed by atoms with van der Waals surface area (Å²) < 4.78 is 8.46. The van der Waals surface area contributed by atoms with Crippen LogP contribution in [0.25, 0.3) is 5.78 Å². The molecule has 0 aliphatic rings. The van der Waals surface area contributed by atoms with Crippen molar-refractivity contribution in [1.82, 2.24) is 24.5 Å². The van der Waals surface area contributed by atoms with Crippen LogP contribution in [0.4, 0.5) is 0 Å². The summed E-state index contributed by atoms with van der Waals surface area (Å²) >= 11 is 5.90. The quantitative estimate of drug-likeness (QED) is 0.445. The van der Waals surface area contributed by atoms with Gasteiger partial charge in [-0.15, -0.1) is 10.2 Å². The van der Waals surface area contributed by atoms with Crippen LogP contribution >= 0.6 is 11.6 Å². The minimum atomic E-state index is -0.449. The first-order chi connectivity index (χ1) is 14.8. The number of ether oxygens (including phenoxy) is 1. The second-order valence-electron chi connectivity index (χ2n) is 8.02. The molecule has 2 aromatic heterocycles. The number of halogens is 1. The molecule has 9 heteroatoms. The van der Waals surface area contributed by atoms with E-state index in [2.05, 4.69) is 20.4 Å². The third-order valence-electron chi connectivity index (χ3n) is 4.54. The molecule has 0 saturated carbocycles. The van der Waals surface area contributed by atoms with Crippen LogP contribution in [0, 0.1) is 0 Å². The molecule has 4 aromatic rings. The molecule has 0 bridgehead atoms. The van der Waals surface area contributed by atoms with E-state index in [1.165, 1.54) is 15.5 Å². The summed E-state index contributed by atoms with van der Waals surface area (Å²) in [6, 6.07) is 14.9. The molecule has 0 saturated heterocycles. The second kappa shape index (κ2) is 8.31. The number of rotatable bonds is 5. The molecular formula is C22H21ClN6O2. The van der Waals surface area contributed by atoms with E-state index >= 15 is 0 Å². The number of nitrogens with zero attached hydrogens (tertiary/aromatic N) is 6. The standard InChI is InChI=1S/C22H21ClN6O2/c1-22(2,3)19-20(30)29(21-26-24-14-28(21)27-19)25-12-15-6-10-18(11-7-15)31-13-16-4-8-17(23)9-5-16/h4-12,14H,13H2,1-3H3. The molecule has 0 aliphatic carbocycles. The largest absolute Gasteiger partial charge is 0.489 e. The second-order valence-corrected chi connectivity index (χ2v) is 8.46. The fourth-order valence-corrected chi connectivity index (χ4v) is 3.00. The van der Waals surface area contributed by atoms with E-state index in [1.807, 2.05) is 69.3 Å². The summed E-state index contributed by atoms with van der Waals surface area (Å²) in [6.45, 7) is 6.20. The molecule has 0 N–H and O–H groups in total. The first-order valence-electron chi connectivity index (χ1n) is 9.66. The van der Waals surface area contributed by atoms with Crippen molar-refractivity contribution in [3.63, 3.8) is 0 Å². The molecule has 0 aliphatic heterocycles. The number of hydrogen-bond donors (Lipinski definition) is 0. The van der Waals surface area contributed by atoms with Gasteiger partial charge < -0.3 is 4.74 Å². The molecule has 0 fully saturated rings. The molecule has 2 aromatic carbocycles. The van der Waals surface area contributed by atoms with Gasteiger partial charge in [0.15, 0.2) is 0 Å². The monoisotopic (exact) mass is 436 g/mol. The third kappa shape index (κ3) is 4.64. The minimum Gasteiger partial charge on any atom is -0.489 e. The lowest BCUT2D eigenvalue weighted by atomic mass is 9.93. The number of fused-ring (bicyclic) bond motifs is 1. The van der Waals surface area contributed by atoms with Crippen molar-refractivity contribution in [1.29, 1.82) is 0 Å². The lowest BCUT2D eigenvalue weighted by Crippen LogP contribution is -2.33. The lowest BCUT2D eigenvalue weighted by Gasteiger charge is -2.16. The van der Waals surface area contributed by atoms with E-state index in [-0.39, 0.29) is 11.3 Å². The van der Waals surface area contributed by atoms with Crippen molar-refractivity contribution < 1.29 is 4.74 Å². The Morgan fingerprint density at radius 3 is 2.48 bits per heavy atom. The van der Waals surface area contributed by atoms with Crippen molar-refractivity contribution >= 4 is 23.6 Å². The van der Waals surface area contributed by atoms with E-state index in [0.717, 1.165) is 16.9 Å². The maximum Gasteiger partial charge on any atom is 0.298 e. The third-order valence-corrected chi connectivity index (χ3v) is 4.79. The highest BCUT2D eigenvalue weighted by molar-refractivity contribution is 6.30. The van der Waals surface area contributed by atoms with Crippen LogP contribution in [0.5, 0.6) is 5.75 Å². The highest BCUT2D eigenvalue weighted by atomic mass is 35.5. The highest BCUT2D eigenvalue weighted by Crippen LogP contribution is 2.17. The van der Waals surface area contributed by atoms with Gasteiger partial charge >= 0.3 is 0 Å². The summed E-state index contributed by atoms with van der Waals surface area (Å²) in [5.74, 6) is 0.972. The number of aromatic nitrogens is 5. The zero-order chi connectivity index (χ0) is 22.0. The predicted octanol–water partition coefficient (Wildman–Crippen LogP) is 3.70. The molecule has 0 unspecified atom stereocenters. The van der Waals surface area contributed by atoms with Gasteiger partial charge in [0.25, 0.3) is 11.3 Å². The normalized spacial score (nSPS) is 12.0. The van der Waals surface area contributed by atoms with Gasteiger partial charge in [0, 0.05) is 10.4 Å². The Morgan fingerprint density at radius 2 is 1.81 bits per heavy atom. The maximum atomic E-state index is 12.9. The van der Waals surface area contributed by atoms with Gasteiger partial charge in [-0.05, 0) is 47.5 Å². The van der Waals surface area contributed by atoms with Gasteiger partial charge in [-0.2, -0.15) is 19.4 Å². The summed E-state index contributed by atoms with van der Waals surface area (Å²) in [7, 11) is 0. The Morgan fingerprint density at radius 1 is 1.10 bits per heavy atom. The van der Waals surface area contributed by atoms with Gasteiger partial charge in [-0.3, -0.25) is 4.79 Å². The first-order valence-corrected chi connectivity index (χ1v) is 10.0. The summed E-state index contributed by atoms with van der Waals surface area (Å²) in [4.78, 5) is 12.9. The fraction of sp³-hybridized carbons (Fsp3) is 0.227. The summed E-state index contributed by atoms with van der Waals surface area (Å²) in [5, 5.41) is 17.2. The van der Waals surface area contributed by atoms with Crippen LogP contribution in [-0.4, -0.2) is 30.7 Å². The van der Waals surface area contributed by atoms with Crippen molar-refractivity contribution in [2.24, 2.45) is 5.10 Å². The molecule has 0 amide bonds. The van der Waals surface area contributed by atoms with Crippen LogP contribution in [0.1, 0.15) is 37.6 Å². The van der Waals surface area contributed by atoms with Crippen LogP contribution in [-0.2, 0) is 12.0 Å². The first kappa shape index (κ1) is 20.7. The van der Waals surface area contributed by atoms with E-state index in [9.17, 15) is 4.79 Å². The van der Waals surface area contributed by atoms with Crippen LogP contribution in [0.15, 0.2) is 64.8 Å². The Labute approximate surface area is 183 Å². The maximum absolute atomic E-state index is 12.9. The molecule has 0 radical (unpaired) electrons. The molecular weight excluding hydrogens is 416 g/mol. The lowest BCUT2D eigenvalue weighted by molar-refractivity contribution is 0.306. The number of benzene rings is 2. The topological polar surface area (TPSA) is 86.7 Å². The van der Waals surface area contributed by atoms with Crippen LogP contribution in [0.2, 0.25) is 5.02 Å². The van der Waals surface area contributed by atoms with Gasteiger partial charge in [-0.1, -0.05) is 44.5 Å². The molecule has 8 nitrogen and oxygen atoms in total. The minimum absolute atomic E-state index is 0.247. The van der Waals surface area contributed by atoms with E-state index in [1.54, 1.807) is 6.21 Å².